The van der Waals surface area contributed by atoms with Crippen LogP contribution in [-0.2, 0) is 11.3 Å². The lowest BCUT2D eigenvalue weighted by Gasteiger charge is -2.28. The highest BCUT2D eigenvalue weighted by Gasteiger charge is 2.16. The molecular weight excluding hydrogens is 250 g/mol. The molecular formula is C14H20ClNO2. The predicted molar refractivity (Wildman–Crippen MR) is 74.2 cm³/mol. The first-order valence-corrected chi connectivity index (χ1v) is 6.76. The first-order valence-electron chi connectivity index (χ1n) is 6.39. The number of benzene rings is 1. The topological polar surface area (TPSA) is 32.7 Å². The summed E-state index contributed by atoms with van der Waals surface area (Å²) in [6, 6.07) is 5.80. The van der Waals surface area contributed by atoms with Crippen molar-refractivity contribution >= 4 is 17.3 Å². The molecule has 1 aromatic carbocycles. The van der Waals surface area contributed by atoms with E-state index in [-0.39, 0.29) is 6.61 Å². The third kappa shape index (κ3) is 3.37. The largest absolute Gasteiger partial charge is 0.392 e. The lowest BCUT2D eigenvalue weighted by atomic mass is 10.0. The van der Waals surface area contributed by atoms with E-state index in [1.807, 2.05) is 18.2 Å². The molecule has 100 valence electrons. The van der Waals surface area contributed by atoms with Crippen LogP contribution >= 0.6 is 11.6 Å². The summed E-state index contributed by atoms with van der Waals surface area (Å²) >= 11 is 6.10. The molecule has 0 amide bonds. The minimum atomic E-state index is -0.0146. The molecule has 1 aromatic rings. The highest BCUT2D eigenvalue weighted by Crippen LogP contribution is 2.24. The van der Waals surface area contributed by atoms with Gasteiger partial charge in [0.25, 0.3) is 0 Å². The molecule has 0 aliphatic carbocycles. The number of anilines is 1. The number of ether oxygens (including phenoxy) is 1. The van der Waals surface area contributed by atoms with Gasteiger partial charge in [-0.15, -0.1) is 0 Å². The summed E-state index contributed by atoms with van der Waals surface area (Å²) in [6.45, 7) is 2.72. The quantitative estimate of drug-likeness (QED) is 0.912. The van der Waals surface area contributed by atoms with Crippen LogP contribution in [0.4, 0.5) is 5.69 Å². The zero-order chi connectivity index (χ0) is 13.0. The zero-order valence-electron chi connectivity index (χ0n) is 10.7. The summed E-state index contributed by atoms with van der Waals surface area (Å²) < 4.78 is 5.49. The Hall–Kier alpha value is -0.770. The Morgan fingerprint density at radius 1 is 1.50 bits per heavy atom. The standard InChI is InChI=1S/C14H20ClNO2/c1-16(8-11-3-2-6-18-10-11)13-5-4-12(9-17)14(15)7-13/h4-5,7,11,17H,2-3,6,8-10H2,1H3. The molecule has 3 nitrogen and oxygen atoms in total. The molecule has 1 aliphatic rings. The van der Waals surface area contributed by atoms with Crippen molar-refractivity contribution in [1.82, 2.24) is 0 Å². The van der Waals surface area contributed by atoms with E-state index in [1.165, 1.54) is 6.42 Å². The number of hydrogen-bond acceptors (Lipinski definition) is 3. The van der Waals surface area contributed by atoms with Crippen LogP contribution in [0.15, 0.2) is 18.2 Å². The lowest BCUT2D eigenvalue weighted by Crippen LogP contribution is -2.30. The third-order valence-electron chi connectivity index (χ3n) is 3.43. The van der Waals surface area contributed by atoms with Crippen LogP contribution in [0, 0.1) is 5.92 Å². The minimum absolute atomic E-state index is 0.0146. The Morgan fingerprint density at radius 3 is 2.94 bits per heavy atom. The van der Waals surface area contributed by atoms with Crippen LogP contribution in [0.5, 0.6) is 0 Å². The van der Waals surface area contributed by atoms with Crippen molar-refractivity contribution in [3.05, 3.63) is 28.8 Å². The van der Waals surface area contributed by atoms with Gasteiger partial charge in [-0.2, -0.15) is 0 Å². The van der Waals surface area contributed by atoms with E-state index in [4.69, 9.17) is 21.4 Å². The first-order chi connectivity index (χ1) is 8.70. The number of halogens is 1. The van der Waals surface area contributed by atoms with Crippen molar-refractivity contribution in [2.24, 2.45) is 5.92 Å². The van der Waals surface area contributed by atoms with Crippen molar-refractivity contribution in [2.45, 2.75) is 19.4 Å². The molecule has 18 heavy (non-hydrogen) atoms. The van der Waals surface area contributed by atoms with Gasteiger partial charge in [0, 0.05) is 30.9 Å². The fourth-order valence-corrected chi connectivity index (χ4v) is 2.58. The second-order valence-electron chi connectivity index (χ2n) is 4.90. The number of aliphatic hydroxyl groups is 1. The van der Waals surface area contributed by atoms with Crippen LogP contribution in [0.25, 0.3) is 0 Å². The van der Waals surface area contributed by atoms with Crippen molar-refractivity contribution in [2.75, 3.05) is 31.7 Å². The van der Waals surface area contributed by atoms with Crippen LogP contribution in [0.2, 0.25) is 5.02 Å². The SMILES string of the molecule is CN(CC1CCCOC1)c1ccc(CO)c(Cl)c1. The molecule has 1 N–H and O–H groups in total. The number of hydrogen-bond donors (Lipinski definition) is 1. The fourth-order valence-electron chi connectivity index (χ4n) is 2.35. The van der Waals surface area contributed by atoms with Gasteiger partial charge in [0.15, 0.2) is 0 Å². The number of aliphatic hydroxyl groups excluding tert-OH is 1. The van der Waals surface area contributed by atoms with Gasteiger partial charge in [0.2, 0.25) is 0 Å². The van der Waals surface area contributed by atoms with Crippen LogP contribution < -0.4 is 4.90 Å². The van der Waals surface area contributed by atoms with Gasteiger partial charge in [-0.25, -0.2) is 0 Å². The Kier molecular flexibility index (Phi) is 4.87. The molecule has 2 rings (SSSR count). The van der Waals surface area contributed by atoms with Gasteiger partial charge in [-0.05, 0) is 36.5 Å². The van der Waals surface area contributed by atoms with E-state index in [0.717, 1.165) is 37.4 Å². The summed E-state index contributed by atoms with van der Waals surface area (Å²) in [7, 11) is 2.07. The molecule has 0 bridgehead atoms. The summed E-state index contributed by atoms with van der Waals surface area (Å²) in [5.41, 5.74) is 1.86. The Morgan fingerprint density at radius 2 is 2.33 bits per heavy atom. The Bertz CT molecular complexity index is 391. The van der Waals surface area contributed by atoms with Crippen molar-refractivity contribution < 1.29 is 9.84 Å². The first kappa shape index (κ1) is 13.7. The second-order valence-corrected chi connectivity index (χ2v) is 5.30. The molecule has 0 radical (unpaired) electrons. The van der Waals surface area contributed by atoms with E-state index in [2.05, 4.69) is 11.9 Å². The molecule has 1 aliphatic heterocycles. The Balaban J connectivity index is 1.99. The normalized spacial score (nSPS) is 19.8. The average Bonchev–Trinajstić information content (AvgIpc) is 2.39. The maximum absolute atomic E-state index is 9.09. The fraction of sp³-hybridized carbons (Fsp3) is 0.571. The average molecular weight is 270 g/mol. The van der Waals surface area contributed by atoms with E-state index >= 15 is 0 Å². The third-order valence-corrected chi connectivity index (χ3v) is 3.79. The van der Waals surface area contributed by atoms with Gasteiger partial charge in [-0.3, -0.25) is 0 Å². The predicted octanol–water partition coefficient (Wildman–Crippen LogP) is 2.70. The smallest absolute Gasteiger partial charge is 0.0696 e. The van der Waals surface area contributed by atoms with E-state index in [9.17, 15) is 0 Å². The molecule has 0 aromatic heterocycles. The summed E-state index contributed by atoms with van der Waals surface area (Å²) in [5, 5.41) is 9.72. The molecule has 1 fully saturated rings. The monoisotopic (exact) mass is 269 g/mol. The minimum Gasteiger partial charge on any atom is -0.392 e. The second kappa shape index (κ2) is 6.41. The lowest BCUT2D eigenvalue weighted by molar-refractivity contribution is 0.0576. The summed E-state index contributed by atoms with van der Waals surface area (Å²) in [4.78, 5) is 2.20. The van der Waals surface area contributed by atoms with Gasteiger partial charge < -0.3 is 14.7 Å². The van der Waals surface area contributed by atoms with Gasteiger partial charge in [0.1, 0.15) is 0 Å². The zero-order valence-corrected chi connectivity index (χ0v) is 11.5. The van der Waals surface area contributed by atoms with Crippen LogP contribution in [-0.4, -0.2) is 31.9 Å². The summed E-state index contributed by atoms with van der Waals surface area (Å²) in [6.07, 6.45) is 2.38. The highest BCUT2D eigenvalue weighted by atomic mass is 35.5. The van der Waals surface area contributed by atoms with E-state index in [1.54, 1.807) is 0 Å². The van der Waals surface area contributed by atoms with Crippen LogP contribution in [0.1, 0.15) is 18.4 Å². The van der Waals surface area contributed by atoms with Crippen molar-refractivity contribution in [1.29, 1.82) is 0 Å². The molecule has 1 saturated heterocycles. The van der Waals surface area contributed by atoms with Crippen molar-refractivity contribution in [3.8, 4) is 0 Å². The van der Waals surface area contributed by atoms with E-state index < -0.39 is 0 Å². The number of nitrogens with zero attached hydrogens (tertiary/aromatic N) is 1. The highest BCUT2D eigenvalue weighted by molar-refractivity contribution is 6.31. The number of rotatable bonds is 4. The molecule has 0 spiro atoms. The molecule has 1 unspecified atom stereocenters. The molecule has 1 atom stereocenters. The van der Waals surface area contributed by atoms with Gasteiger partial charge >= 0.3 is 0 Å². The maximum atomic E-state index is 9.09. The summed E-state index contributed by atoms with van der Waals surface area (Å²) in [5.74, 6) is 0.597. The van der Waals surface area contributed by atoms with Gasteiger partial charge in [-0.1, -0.05) is 17.7 Å². The van der Waals surface area contributed by atoms with Crippen LogP contribution in [0.3, 0.4) is 0 Å². The molecule has 0 saturated carbocycles. The Labute approximate surface area is 113 Å². The molecule has 4 heteroatoms. The van der Waals surface area contributed by atoms with E-state index in [0.29, 0.717) is 10.9 Å². The maximum Gasteiger partial charge on any atom is 0.0696 e. The molecule has 1 heterocycles. The van der Waals surface area contributed by atoms with Crippen molar-refractivity contribution in [3.63, 3.8) is 0 Å². The van der Waals surface area contributed by atoms with Gasteiger partial charge in [0.05, 0.1) is 13.2 Å².